The van der Waals surface area contributed by atoms with Gasteiger partial charge in [-0.1, -0.05) is 11.6 Å². The van der Waals surface area contributed by atoms with Crippen molar-refractivity contribution >= 4 is 51.6 Å². The molecule has 1 saturated heterocycles. The number of urea groups is 1. The molecule has 0 spiro atoms. The Morgan fingerprint density at radius 3 is 2.85 bits per heavy atom. The fourth-order valence-corrected chi connectivity index (χ4v) is 3.58. The fourth-order valence-electron chi connectivity index (χ4n) is 2.53. The van der Waals surface area contributed by atoms with E-state index >= 15 is 0 Å². The van der Waals surface area contributed by atoms with E-state index in [1.807, 2.05) is 0 Å². The average molecular weight is 408 g/mol. The molecule has 0 atom stereocenters. The Hall–Kier alpha value is -2.65. The molecule has 1 aromatic carbocycles. The minimum atomic E-state index is -0.275. The molecule has 0 aliphatic carbocycles. The van der Waals surface area contributed by atoms with Crippen molar-refractivity contribution in [3.63, 3.8) is 0 Å². The topological polar surface area (TPSA) is 94.6 Å². The average Bonchev–Trinajstić information content (AvgIpc) is 3.24. The third kappa shape index (κ3) is 4.37. The summed E-state index contributed by atoms with van der Waals surface area (Å²) in [6.07, 6.45) is 0.0611. The van der Waals surface area contributed by atoms with Gasteiger partial charge in [-0.2, -0.15) is 0 Å². The summed E-state index contributed by atoms with van der Waals surface area (Å²) in [5.74, 6) is -0.521. The maximum absolute atomic E-state index is 12.3. The summed E-state index contributed by atoms with van der Waals surface area (Å²) in [7, 11) is 3.26. The maximum atomic E-state index is 12.3. The van der Waals surface area contributed by atoms with Crippen molar-refractivity contribution in [2.75, 3.05) is 37.4 Å². The molecule has 0 unspecified atom stereocenters. The lowest BCUT2D eigenvalue weighted by Crippen LogP contribution is -2.27. The maximum Gasteiger partial charge on any atom is 0.323 e. The third-order valence-corrected chi connectivity index (χ3v) is 5.10. The Bertz CT molecular complexity index is 898. The summed E-state index contributed by atoms with van der Waals surface area (Å²) < 4.78 is 0. The first kappa shape index (κ1) is 19.1. The molecule has 10 heteroatoms. The molecule has 1 aliphatic heterocycles. The summed E-state index contributed by atoms with van der Waals surface area (Å²) in [6, 6.07) is 4.57. The molecule has 2 aromatic rings. The van der Waals surface area contributed by atoms with Crippen LogP contribution in [0.4, 0.5) is 15.6 Å². The zero-order valence-corrected chi connectivity index (χ0v) is 16.4. The van der Waals surface area contributed by atoms with E-state index in [4.69, 9.17) is 11.6 Å². The van der Waals surface area contributed by atoms with E-state index in [1.165, 1.54) is 16.2 Å². The number of carbonyl (C=O) groups excluding carboxylic acids is 3. The Labute approximate surface area is 165 Å². The highest BCUT2D eigenvalue weighted by molar-refractivity contribution is 7.14. The number of thiazole rings is 1. The van der Waals surface area contributed by atoms with E-state index in [1.54, 1.807) is 42.6 Å². The summed E-state index contributed by atoms with van der Waals surface area (Å²) in [6.45, 7) is 1.14. The van der Waals surface area contributed by atoms with Gasteiger partial charge in [0.15, 0.2) is 5.13 Å². The third-order valence-electron chi connectivity index (χ3n) is 3.86. The Balaban J connectivity index is 1.66. The molecule has 8 nitrogen and oxygen atoms in total. The van der Waals surface area contributed by atoms with Gasteiger partial charge in [0.25, 0.3) is 5.91 Å². The van der Waals surface area contributed by atoms with Crippen molar-refractivity contribution in [2.45, 2.75) is 6.42 Å². The minimum absolute atomic E-state index is 0.0611. The molecule has 2 heterocycles. The quantitative estimate of drug-likeness (QED) is 0.794. The highest BCUT2D eigenvalue weighted by Gasteiger charge is 2.24. The van der Waals surface area contributed by atoms with Crippen LogP contribution in [0.3, 0.4) is 0 Å². The van der Waals surface area contributed by atoms with Gasteiger partial charge < -0.3 is 15.5 Å². The molecule has 3 rings (SSSR count). The number of rotatable bonds is 5. The fraction of sp³-hybridized carbons (Fsp3) is 0.294. The van der Waals surface area contributed by atoms with Gasteiger partial charge in [-0.25, -0.2) is 9.78 Å². The highest BCUT2D eigenvalue weighted by Crippen LogP contribution is 2.24. The summed E-state index contributed by atoms with van der Waals surface area (Å²) >= 11 is 7.39. The predicted octanol–water partition coefficient (Wildman–Crippen LogP) is 2.21. The van der Waals surface area contributed by atoms with Gasteiger partial charge in [0, 0.05) is 38.3 Å². The first-order valence-electron chi connectivity index (χ1n) is 8.16. The molecular formula is C17H18ClN5O3S. The second-order valence-corrected chi connectivity index (χ2v) is 7.37. The highest BCUT2D eigenvalue weighted by atomic mass is 35.5. The standard InChI is InChI=1S/C17H18ClN5O3S/c1-22(2)15(25)12-7-10(3-4-13(12)18)20-14(24)8-11-9-27-17(21-11)23-6-5-19-16(23)26/h3-4,7,9H,5-6,8H2,1-2H3,(H,19,26)(H,20,24). The molecule has 4 amide bonds. The SMILES string of the molecule is CN(C)C(=O)c1cc(NC(=O)Cc2csc(N3CCNC3=O)n2)ccc1Cl. The number of hydrogen-bond acceptors (Lipinski definition) is 5. The zero-order valence-electron chi connectivity index (χ0n) is 14.8. The monoisotopic (exact) mass is 407 g/mol. The molecule has 0 saturated carbocycles. The smallest absolute Gasteiger partial charge is 0.323 e. The number of hydrogen-bond donors (Lipinski definition) is 2. The minimum Gasteiger partial charge on any atom is -0.345 e. The van der Waals surface area contributed by atoms with Gasteiger partial charge in [0.1, 0.15) is 0 Å². The number of aromatic nitrogens is 1. The van der Waals surface area contributed by atoms with Crippen LogP contribution in [0.1, 0.15) is 16.1 Å². The summed E-state index contributed by atoms with van der Waals surface area (Å²) in [4.78, 5) is 43.4. The van der Waals surface area contributed by atoms with Crippen LogP contribution in [0.5, 0.6) is 0 Å². The second-order valence-electron chi connectivity index (χ2n) is 6.12. The van der Waals surface area contributed by atoms with Crippen molar-refractivity contribution in [1.82, 2.24) is 15.2 Å². The Morgan fingerprint density at radius 2 is 2.19 bits per heavy atom. The normalized spacial score (nSPS) is 13.4. The van der Waals surface area contributed by atoms with Crippen molar-refractivity contribution < 1.29 is 14.4 Å². The first-order chi connectivity index (χ1) is 12.8. The number of benzene rings is 1. The van der Waals surface area contributed by atoms with Gasteiger partial charge in [-0.3, -0.25) is 14.5 Å². The lowest BCUT2D eigenvalue weighted by atomic mass is 10.1. The predicted molar refractivity (Wildman–Crippen MR) is 105 cm³/mol. The summed E-state index contributed by atoms with van der Waals surface area (Å²) in [5, 5.41) is 8.09. The molecule has 27 heavy (non-hydrogen) atoms. The van der Waals surface area contributed by atoms with E-state index in [0.717, 1.165) is 0 Å². The van der Waals surface area contributed by atoms with Crippen LogP contribution in [0, 0.1) is 0 Å². The van der Waals surface area contributed by atoms with Gasteiger partial charge in [0.05, 0.1) is 22.7 Å². The lowest BCUT2D eigenvalue weighted by Gasteiger charge is -2.13. The Morgan fingerprint density at radius 1 is 1.41 bits per heavy atom. The zero-order chi connectivity index (χ0) is 19.6. The number of carbonyl (C=O) groups is 3. The lowest BCUT2D eigenvalue weighted by molar-refractivity contribution is -0.115. The van der Waals surface area contributed by atoms with Crippen LogP contribution in [0.2, 0.25) is 5.02 Å². The molecule has 142 valence electrons. The second kappa shape index (κ2) is 7.93. The number of halogens is 1. The van der Waals surface area contributed by atoms with Crippen molar-refractivity contribution in [3.05, 3.63) is 39.9 Å². The molecule has 1 fully saturated rings. The van der Waals surface area contributed by atoms with Gasteiger partial charge >= 0.3 is 6.03 Å². The van der Waals surface area contributed by atoms with Gasteiger partial charge in [0.2, 0.25) is 5.91 Å². The molecule has 2 N–H and O–H groups in total. The van der Waals surface area contributed by atoms with Crippen molar-refractivity contribution in [2.24, 2.45) is 0 Å². The van der Waals surface area contributed by atoms with Crippen LogP contribution >= 0.6 is 22.9 Å². The van der Waals surface area contributed by atoms with Crippen molar-refractivity contribution in [3.8, 4) is 0 Å². The largest absolute Gasteiger partial charge is 0.345 e. The van der Waals surface area contributed by atoms with E-state index in [0.29, 0.717) is 40.2 Å². The first-order valence-corrected chi connectivity index (χ1v) is 9.41. The van der Waals surface area contributed by atoms with E-state index in [9.17, 15) is 14.4 Å². The number of amides is 4. The van der Waals surface area contributed by atoms with E-state index < -0.39 is 0 Å². The molecule has 0 bridgehead atoms. The number of nitrogens with one attached hydrogen (secondary N) is 2. The molecule has 1 aromatic heterocycles. The molecule has 0 radical (unpaired) electrons. The molecule has 1 aliphatic rings. The van der Waals surface area contributed by atoms with Gasteiger partial charge in [-0.15, -0.1) is 11.3 Å². The number of anilines is 2. The van der Waals surface area contributed by atoms with Crippen LogP contribution in [0.25, 0.3) is 0 Å². The van der Waals surface area contributed by atoms with Crippen LogP contribution in [-0.2, 0) is 11.2 Å². The van der Waals surface area contributed by atoms with Crippen LogP contribution in [-0.4, -0.2) is 54.9 Å². The molecular weight excluding hydrogens is 390 g/mol. The van der Waals surface area contributed by atoms with Crippen molar-refractivity contribution in [1.29, 1.82) is 0 Å². The van der Waals surface area contributed by atoms with Gasteiger partial charge in [-0.05, 0) is 18.2 Å². The van der Waals surface area contributed by atoms with Crippen LogP contribution in [0.15, 0.2) is 23.6 Å². The van der Waals surface area contributed by atoms with E-state index in [2.05, 4.69) is 15.6 Å². The Kier molecular flexibility index (Phi) is 5.62. The van der Waals surface area contributed by atoms with E-state index in [-0.39, 0.29) is 24.3 Å². The van der Waals surface area contributed by atoms with Crippen LogP contribution < -0.4 is 15.5 Å². The number of nitrogens with zero attached hydrogens (tertiary/aromatic N) is 3. The summed E-state index contributed by atoms with van der Waals surface area (Å²) in [5.41, 5.74) is 1.37.